The molecule has 12 heteroatoms. The maximum absolute atomic E-state index is 12.4. The molecule has 0 radical (unpaired) electrons. The van der Waals surface area contributed by atoms with E-state index in [4.69, 9.17) is 33.4 Å². The lowest BCUT2D eigenvalue weighted by Gasteiger charge is -2.30. The molecule has 1 heterocycles. The van der Waals surface area contributed by atoms with Crippen LogP contribution in [-0.2, 0) is 19.5 Å². The first-order valence-electron chi connectivity index (χ1n) is 8.83. The minimum atomic E-state index is -3.13. The van der Waals surface area contributed by atoms with E-state index >= 15 is 0 Å². The summed E-state index contributed by atoms with van der Waals surface area (Å²) in [5, 5.41) is 19.2. The van der Waals surface area contributed by atoms with Crippen molar-refractivity contribution < 1.29 is 48.4 Å². The molecule has 4 rings (SSSR count). The topological polar surface area (TPSA) is 182 Å². The smallest absolute Gasteiger partial charge is 0.340 e. The van der Waals surface area contributed by atoms with Gasteiger partial charge in [-0.25, -0.2) is 4.79 Å². The second kappa shape index (κ2) is 11.1. The highest BCUT2D eigenvalue weighted by atomic mass is 31.1. The third-order valence-corrected chi connectivity index (χ3v) is 4.32. The molecule has 0 aromatic heterocycles. The van der Waals surface area contributed by atoms with Gasteiger partial charge in [0.1, 0.15) is 11.5 Å². The lowest BCUT2D eigenvalue weighted by molar-refractivity contribution is 0.0251. The van der Waals surface area contributed by atoms with Crippen LogP contribution in [0.1, 0.15) is 27.0 Å². The summed E-state index contributed by atoms with van der Waals surface area (Å²) >= 11 is 0. The number of hydrogen-bond donors (Lipinski definition) is 6. The van der Waals surface area contributed by atoms with Crippen LogP contribution in [0.2, 0.25) is 0 Å². The first-order valence-corrected chi connectivity index (χ1v) is 11.4. The van der Waals surface area contributed by atoms with Crippen molar-refractivity contribution in [1.82, 2.24) is 0 Å². The molecular weight excluding hydrogens is 462 g/mol. The lowest BCUT2D eigenvalue weighted by Crippen LogP contribution is -2.29. The van der Waals surface area contributed by atoms with Crippen molar-refractivity contribution in [2.75, 3.05) is 0 Å². The van der Waals surface area contributed by atoms with E-state index in [0.717, 1.165) is 16.7 Å². The van der Waals surface area contributed by atoms with Crippen LogP contribution in [0.4, 0.5) is 0 Å². The van der Waals surface area contributed by atoms with Crippen LogP contribution in [0.25, 0.3) is 0 Å². The number of hydrogen-bond acceptors (Lipinski definition) is 6. The fourth-order valence-electron chi connectivity index (χ4n) is 3.20. The molecule has 0 saturated heterocycles. The number of benzene rings is 3. The van der Waals surface area contributed by atoms with Crippen LogP contribution < -0.4 is 0 Å². The van der Waals surface area contributed by atoms with Crippen molar-refractivity contribution in [2.24, 2.45) is 0 Å². The summed E-state index contributed by atoms with van der Waals surface area (Å²) in [6.45, 7) is 0. The highest BCUT2D eigenvalue weighted by Crippen LogP contribution is 2.47. The number of esters is 1. The molecule has 1 aliphatic rings. The Bertz CT molecular complexity index is 1050. The number of aromatic hydroxyl groups is 2. The van der Waals surface area contributed by atoms with Crippen molar-refractivity contribution in [3.63, 3.8) is 0 Å². The first-order chi connectivity index (χ1) is 15.1. The van der Waals surface area contributed by atoms with E-state index in [0.29, 0.717) is 5.56 Å². The number of fused-ring (bicyclic) bond motifs is 1. The average molecular weight is 482 g/mol. The summed E-state index contributed by atoms with van der Waals surface area (Å²) in [6.07, 6.45) is 0. The maximum atomic E-state index is 12.4. The SMILES string of the molecule is O=C1OC(c2ccc(O)cc2)(c2ccc(O)cc2)c2ccccc21.O=[PH](O)O.O=[PH](O)O. The number of cyclic esters (lactones) is 1. The summed E-state index contributed by atoms with van der Waals surface area (Å²) in [6, 6.07) is 20.4. The zero-order valence-corrected chi connectivity index (χ0v) is 18.2. The molecule has 0 saturated carbocycles. The van der Waals surface area contributed by atoms with Crippen LogP contribution in [0.15, 0.2) is 72.8 Å². The molecule has 0 bridgehead atoms. The first kappa shape index (κ1) is 25.3. The van der Waals surface area contributed by atoms with Gasteiger partial charge in [-0.2, -0.15) is 0 Å². The third-order valence-electron chi connectivity index (χ3n) is 4.32. The van der Waals surface area contributed by atoms with Gasteiger partial charge in [-0.1, -0.05) is 42.5 Å². The normalized spacial score (nSPS) is 13.4. The van der Waals surface area contributed by atoms with Crippen LogP contribution in [0.3, 0.4) is 0 Å². The standard InChI is InChI=1S/C20H14O4.2H3O3P/c21-15-9-5-13(6-10-15)20(14-7-11-16(22)12-8-14)18-4-2-1-3-17(18)19(23)24-20;2*1-4(2)3/h1-12,21-22H;2*4H,(H2,1,2,3). The zero-order valence-electron chi connectivity index (χ0n) is 16.2. The summed E-state index contributed by atoms with van der Waals surface area (Å²) < 4.78 is 23.4. The van der Waals surface area contributed by atoms with Gasteiger partial charge < -0.3 is 34.5 Å². The van der Waals surface area contributed by atoms with Crippen LogP contribution in [-0.4, -0.2) is 35.8 Å². The number of phenols is 2. The van der Waals surface area contributed by atoms with Gasteiger partial charge in [0.25, 0.3) is 0 Å². The highest BCUT2D eigenvalue weighted by Gasteiger charge is 2.48. The quantitative estimate of drug-likeness (QED) is 0.234. The Morgan fingerprint density at radius 1 is 0.656 bits per heavy atom. The second-order valence-electron chi connectivity index (χ2n) is 6.28. The van der Waals surface area contributed by atoms with Gasteiger partial charge in [0.2, 0.25) is 0 Å². The number of carbonyl (C=O) groups excluding carboxylic acids is 1. The highest BCUT2D eigenvalue weighted by molar-refractivity contribution is 7.31. The molecule has 0 atom stereocenters. The molecule has 3 aromatic rings. The molecule has 0 spiro atoms. The summed E-state index contributed by atoms with van der Waals surface area (Å²) in [5.74, 6) is -0.124. The Morgan fingerprint density at radius 2 is 1.03 bits per heavy atom. The van der Waals surface area contributed by atoms with Gasteiger partial charge in [0, 0.05) is 16.7 Å². The van der Waals surface area contributed by atoms with E-state index in [-0.39, 0.29) is 11.5 Å². The van der Waals surface area contributed by atoms with Crippen molar-refractivity contribution in [1.29, 1.82) is 0 Å². The van der Waals surface area contributed by atoms with Crippen LogP contribution >= 0.6 is 16.5 Å². The Morgan fingerprint density at radius 3 is 1.44 bits per heavy atom. The minimum Gasteiger partial charge on any atom is -0.508 e. The Hall–Kier alpha value is -2.97. The van der Waals surface area contributed by atoms with Gasteiger partial charge >= 0.3 is 22.5 Å². The molecule has 3 aromatic carbocycles. The molecule has 0 aliphatic carbocycles. The minimum absolute atomic E-state index is 0.136. The second-order valence-corrected chi connectivity index (χ2v) is 7.41. The summed E-state index contributed by atoms with van der Waals surface area (Å²) in [5.41, 5.74) is 1.60. The van der Waals surface area contributed by atoms with Crippen molar-refractivity contribution in [2.45, 2.75) is 5.60 Å². The molecule has 0 fully saturated rings. The monoisotopic (exact) mass is 482 g/mol. The van der Waals surface area contributed by atoms with Crippen LogP contribution in [0.5, 0.6) is 11.5 Å². The molecular formula is C20H20O10P2. The molecule has 0 unspecified atom stereocenters. The van der Waals surface area contributed by atoms with Crippen LogP contribution in [0, 0.1) is 0 Å². The fraction of sp³-hybridized carbons (Fsp3) is 0.0500. The predicted molar refractivity (Wildman–Crippen MR) is 115 cm³/mol. The Labute approximate surface area is 183 Å². The van der Waals surface area contributed by atoms with Crippen molar-refractivity contribution >= 4 is 22.5 Å². The molecule has 10 nitrogen and oxygen atoms in total. The van der Waals surface area contributed by atoms with E-state index in [1.807, 2.05) is 12.1 Å². The van der Waals surface area contributed by atoms with E-state index in [2.05, 4.69) is 0 Å². The summed E-state index contributed by atoms with van der Waals surface area (Å²) in [7, 11) is -6.26. The number of ether oxygens (including phenoxy) is 1. The number of rotatable bonds is 2. The molecule has 0 amide bonds. The number of phenolic OH excluding ortho intramolecular Hbond substituents is 2. The predicted octanol–water partition coefficient (Wildman–Crippen LogP) is 2.28. The van der Waals surface area contributed by atoms with E-state index in [1.165, 1.54) is 0 Å². The van der Waals surface area contributed by atoms with Crippen molar-refractivity contribution in [3.05, 3.63) is 95.1 Å². The molecule has 6 N–H and O–H groups in total. The fourth-order valence-corrected chi connectivity index (χ4v) is 3.20. The Kier molecular flexibility index (Phi) is 8.74. The van der Waals surface area contributed by atoms with Crippen molar-refractivity contribution in [3.8, 4) is 11.5 Å². The van der Waals surface area contributed by atoms with Gasteiger partial charge in [0.05, 0.1) is 5.56 Å². The Balaban J connectivity index is 0.000000395. The molecule has 1 aliphatic heterocycles. The lowest BCUT2D eigenvalue weighted by atomic mass is 9.80. The molecule has 170 valence electrons. The van der Waals surface area contributed by atoms with Gasteiger partial charge in [-0.15, -0.1) is 0 Å². The van der Waals surface area contributed by atoms with Gasteiger partial charge in [-0.3, -0.25) is 9.13 Å². The maximum Gasteiger partial charge on any atom is 0.340 e. The van der Waals surface area contributed by atoms with Gasteiger partial charge in [-0.05, 0) is 30.3 Å². The van der Waals surface area contributed by atoms with E-state index < -0.39 is 28.1 Å². The summed E-state index contributed by atoms with van der Waals surface area (Å²) in [4.78, 5) is 41.1. The van der Waals surface area contributed by atoms with E-state index in [1.54, 1.807) is 60.7 Å². The average Bonchev–Trinajstić information content (AvgIpc) is 3.02. The molecule has 32 heavy (non-hydrogen) atoms. The largest absolute Gasteiger partial charge is 0.508 e. The van der Waals surface area contributed by atoms with E-state index in [9.17, 15) is 15.0 Å². The third kappa shape index (κ3) is 6.05. The number of carbonyl (C=O) groups is 1. The van der Waals surface area contributed by atoms with Gasteiger partial charge in [0.15, 0.2) is 5.60 Å². The zero-order chi connectivity index (χ0) is 23.9.